The summed E-state index contributed by atoms with van der Waals surface area (Å²) in [7, 11) is 1.61. The normalized spacial score (nSPS) is 14.9. The molecule has 1 aliphatic heterocycles. The summed E-state index contributed by atoms with van der Waals surface area (Å²) in [4.78, 5) is 16.8. The summed E-state index contributed by atoms with van der Waals surface area (Å²) >= 11 is 0. The van der Waals surface area contributed by atoms with Crippen LogP contribution in [0.25, 0.3) is 0 Å². The van der Waals surface area contributed by atoms with Gasteiger partial charge in [0.15, 0.2) is 0 Å². The van der Waals surface area contributed by atoms with Gasteiger partial charge in [-0.3, -0.25) is 9.69 Å². The summed E-state index contributed by atoms with van der Waals surface area (Å²) in [5, 5.41) is 12.2. The number of methoxy groups -OCH3 is 1. The minimum atomic E-state index is -0.352. The third kappa shape index (κ3) is 6.09. The van der Waals surface area contributed by atoms with Gasteiger partial charge in [-0.1, -0.05) is 42.5 Å². The molecule has 2 aromatic carbocycles. The molecular formula is C23H26N4O2. The molecule has 2 aromatic rings. The summed E-state index contributed by atoms with van der Waals surface area (Å²) in [6.45, 7) is 4.68. The van der Waals surface area contributed by atoms with Crippen LogP contribution < -0.4 is 10.1 Å². The highest BCUT2D eigenvalue weighted by Gasteiger charge is 2.17. The van der Waals surface area contributed by atoms with E-state index in [0.717, 1.165) is 44.0 Å². The molecule has 1 aliphatic rings. The molecule has 0 saturated carbocycles. The highest BCUT2D eigenvalue weighted by atomic mass is 16.5. The molecule has 0 unspecified atom stereocenters. The van der Waals surface area contributed by atoms with Crippen molar-refractivity contribution in [2.45, 2.75) is 13.1 Å². The van der Waals surface area contributed by atoms with E-state index < -0.39 is 0 Å². The van der Waals surface area contributed by atoms with Gasteiger partial charge in [0.2, 0.25) is 0 Å². The molecule has 0 bridgehead atoms. The number of hydrogen-bond acceptors (Lipinski definition) is 5. The Labute approximate surface area is 172 Å². The Morgan fingerprint density at radius 3 is 2.38 bits per heavy atom. The number of rotatable bonds is 7. The number of carbonyl (C=O) groups is 1. The smallest absolute Gasteiger partial charge is 0.263 e. The number of piperazine rings is 1. The van der Waals surface area contributed by atoms with E-state index in [-0.39, 0.29) is 11.5 Å². The molecule has 0 aliphatic carbocycles. The standard InChI is InChI=1S/C23H26N4O2/c1-29-22-9-7-19(8-10-22)16-25-23(28)21(15-24)18-27-13-11-26(12-14-27)17-20-5-3-2-4-6-20/h2-10,18H,11-14,16-17H2,1H3,(H,25,28)/b21-18+. The third-order valence-electron chi connectivity index (χ3n) is 4.94. The maximum absolute atomic E-state index is 12.4. The second kappa shape index (κ2) is 10.3. The van der Waals surface area contributed by atoms with Crippen LogP contribution in [0.4, 0.5) is 0 Å². The fraction of sp³-hybridized carbons (Fsp3) is 0.304. The number of nitrogens with zero attached hydrogens (tertiary/aromatic N) is 3. The SMILES string of the molecule is COc1ccc(CNC(=O)/C(C#N)=C/N2CCN(Cc3ccccc3)CC2)cc1. The number of benzene rings is 2. The maximum Gasteiger partial charge on any atom is 0.263 e. The molecule has 1 saturated heterocycles. The number of nitriles is 1. The van der Waals surface area contributed by atoms with Crippen molar-refractivity contribution >= 4 is 5.91 Å². The first-order valence-electron chi connectivity index (χ1n) is 9.71. The molecule has 1 heterocycles. The van der Waals surface area contributed by atoms with Crippen LogP contribution in [0.3, 0.4) is 0 Å². The second-order valence-electron chi connectivity index (χ2n) is 6.98. The summed E-state index contributed by atoms with van der Waals surface area (Å²) < 4.78 is 5.13. The van der Waals surface area contributed by atoms with Crippen LogP contribution in [0.1, 0.15) is 11.1 Å². The van der Waals surface area contributed by atoms with Crippen LogP contribution in [-0.2, 0) is 17.9 Å². The second-order valence-corrected chi connectivity index (χ2v) is 6.98. The van der Waals surface area contributed by atoms with Crippen LogP contribution in [0.5, 0.6) is 5.75 Å². The molecule has 0 aromatic heterocycles. The molecular weight excluding hydrogens is 364 g/mol. The van der Waals surface area contributed by atoms with Crippen molar-refractivity contribution < 1.29 is 9.53 Å². The summed E-state index contributed by atoms with van der Waals surface area (Å²) in [5.74, 6) is 0.416. The average molecular weight is 390 g/mol. The Morgan fingerprint density at radius 1 is 1.07 bits per heavy atom. The quantitative estimate of drug-likeness (QED) is 0.581. The molecule has 6 nitrogen and oxygen atoms in total. The van der Waals surface area contributed by atoms with E-state index in [9.17, 15) is 10.1 Å². The van der Waals surface area contributed by atoms with Gasteiger partial charge in [0.1, 0.15) is 17.4 Å². The van der Waals surface area contributed by atoms with Crippen molar-refractivity contribution in [2.75, 3.05) is 33.3 Å². The minimum Gasteiger partial charge on any atom is -0.497 e. The van der Waals surface area contributed by atoms with Crippen molar-refractivity contribution in [3.05, 3.63) is 77.5 Å². The first-order valence-corrected chi connectivity index (χ1v) is 9.71. The van der Waals surface area contributed by atoms with E-state index in [2.05, 4.69) is 34.5 Å². The van der Waals surface area contributed by atoms with Crippen LogP contribution in [0.15, 0.2) is 66.4 Å². The lowest BCUT2D eigenvalue weighted by atomic mass is 10.2. The molecule has 29 heavy (non-hydrogen) atoms. The number of hydrogen-bond donors (Lipinski definition) is 1. The monoisotopic (exact) mass is 390 g/mol. The first-order chi connectivity index (χ1) is 14.2. The molecule has 0 atom stereocenters. The van der Waals surface area contributed by atoms with Gasteiger partial charge < -0.3 is 15.0 Å². The van der Waals surface area contributed by atoms with Gasteiger partial charge in [-0.25, -0.2) is 0 Å². The molecule has 0 spiro atoms. The van der Waals surface area contributed by atoms with Crippen LogP contribution in [0, 0.1) is 11.3 Å². The van der Waals surface area contributed by atoms with Crippen LogP contribution in [-0.4, -0.2) is 49.0 Å². The molecule has 1 amide bonds. The topological polar surface area (TPSA) is 68.6 Å². The Bertz CT molecular complexity index is 864. The molecule has 3 rings (SSSR count). The van der Waals surface area contributed by atoms with E-state index in [4.69, 9.17) is 4.74 Å². The van der Waals surface area contributed by atoms with Gasteiger partial charge in [0.25, 0.3) is 5.91 Å². The van der Waals surface area contributed by atoms with Gasteiger partial charge in [0, 0.05) is 45.5 Å². The van der Waals surface area contributed by atoms with Crippen molar-refractivity contribution in [1.82, 2.24) is 15.1 Å². The van der Waals surface area contributed by atoms with Gasteiger partial charge in [-0.2, -0.15) is 5.26 Å². The number of amides is 1. The molecule has 1 N–H and O–H groups in total. The van der Waals surface area contributed by atoms with E-state index in [1.54, 1.807) is 13.3 Å². The summed E-state index contributed by atoms with van der Waals surface area (Å²) in [5.41, 5.74) is 2.38. The Balaban J connectivity index is 1.49. The fourth-order valence-electron chi connectivity index (χ4n) is 3.23. The fourth-order valence-corrected chi connectivity index (χ4v) is 3.23. The lowest BCUT2D eigenvalue weighted by Gasteiger charge is -2.34. The zero-order valence-corrected chi connectivity index (χ0v) is 16.7. The maximum atomic E-state index is 12.4. The largest absolute Gasteiger partial charge is 0.497 e. The Kier molecular flexibility index (Phi) is 7.26. The van der Waals surface area contributed by atoms with Gasteiger partial charge in [-0.15, -0.1) is 0 Å². The zero-order valence-electron chi connectivity index (χ0n) is 16.7. The van der Waals surface area contributed by atoms with Gasteiger partial charge in [0.05, 0.1) is 7.11 Å². The highest BCUT2D eigenvalue weighted by molar-refractivity contribution is 5.97. The number of nitrogens with one attached hydrogen (secondary N) is 1. The lowest BCUT2D eigenvalue weighted by Crippen LogP contribution is -2.44. The van der Waals surface area contributed by atoms with Crippen molar-refractivity contribution in [3.63, 3.8) is 0 Å². The third-order valence-corrected chi connectivity index (χ3v) is 4.94. The highest BCUT2D eigenvalue weighted by Crippen LogP contribution is 2.12. The van der Waals surface area contributed by atoms with Crippen molar-refractivity contribution in [3.8, 4) is 11.8 Å². The van der Waals surface area contributed by atoms with E-state index in [1.165, 1.54) is 5.56 Å². The molecule has 150 valence electrons. The lowest BCUT2D eigenvalue weighted by molar-refractivity contribution is -0.117. The van der Waals surface area contributed by atoms with E-state index >= 15 is 0 Å². The molecule has 1 fully saturated rings. The predicted molar refractivity (Wildman–Crippen MR) is 112 cm³/mol. The zero-order chi connectivity index (χ0) is 20.5. The van der Waals surface area contributed by atoms with E-state index in [0.29, 0.717) is 6.54 Å². The van der Waals surface area contributed by atoms with Crippen LogP contribution in [0.2, 0.25) is 0 Å². The van der Waals surface area contributed by atoms with Gasteiger partial charge in [-0.05, 0) is 23.3 Å². The van der Waals surface area contributed by atoms with E-state index in [1.807, 2.05) is 41.3 Å². The van der Waals surface area contributed by atoms with Crippen molar-refractivity contribution in [1.29, 1.82) is 5.26 Å². The van der Waals surface area contributed by atoms with Crippen LogP contribution >= 0.6 is 0 Å². The number of ether oxygens (including phenoxy) is 1. The van der Waals surface area contributed by atoms with Crippen molar-refractivity contribution in [2.24, 2.45) is 0 Å². The Morgan fingerprint density at radius 2 is 1.76 bits per heavy atom. The predicted octanol–water partition coefficient (Wildman–Crippen LogP) is 2.54. The summed E-state index contributed by atoms with van der Waals surface area (Å²) in [6.07, 6.45) is 1.68. The molecule has 0 radical (unpaired) electrons. The summed E-state index contributed by atoms with van der Waals surface area (Å²) in [6, 6.07) is 19.9. The average Bonchev–Trinajstić information content (AvgIpc) is 2.78. The first kappa shape index (κ1) is 20.4. The molecule has 6 heteroatoms. The Hall–Kier alpha value is -3.30. The van der Waals surface area contributed by atoms with Gasteiger partial charge >= 0.3 is 0 Å². The minimum absolute atomic E-state index is 0.134. The number of carbonyl (C=O) groups excluding carboxylic acids is 1.